The van der Waals surface area contributed by atoms with Crippen molar-refractivity contribution in [2.75, 3.05) is 20.2 Å². The molecule has 0 aliphatic carbocycles. The van der Waals surface area contributed by atoms with Crippen molar-refractivity contribution < 1.29 is 9.84 Å². The molecule has 0 amide bonds. The predicted molar refractivity (Wildman–Crippen MR) is 65.7 cm³/mol. The number of aliphatic hydroxyl groups is 1. The zero-order valence-corrected chi connectivity index (χ0v) is 10.2. The Bertz CT molecular complexity index is 295. The third kappa shape index (κ3) is 4.21. The van der Waals surface area contributed by atoms with Crippen LogP contribution in [0, 0.1) is 5.92 Å². The van der Waals surface area contributed by atoms with Gasteiger partial charge in [-0.3, -0.25) is 0 Å². The molecule has 0 bridgehead atoms. The first-order valence-electron chi connectivity index (χ1n) is 5.69. The van der Waals surface area contributed by atoms with Gasteiger partial charge in [-0.25, -0.2) is 0 Å². The molecule has 3 heteroatoms. The lowest BCUT2D eigenvalue weighted by atomic mass is 10.1. The van der Waals surface area contributed by atoms with Gasteiger partial charge in [0.05, 0.1) is 12.7 Å². The van der Waals surface area contributed by atoms with Crippen LogP contribution in [0.1, 0.15) is 25.5 Å². The second kappa shape index (κ2) is 6.51. The van der Waals surface area contributed by atoms with Crippen LogP contribution in [0.3, 0.4) is 0 Å². The van der Waals surface area contributed by atoms with Crippen molar-refractivity contribution >= 4 is 0 Å². The lowest BCUT2D eigenvalue weighted by Crippen LogP contribution is -2.16. The minimum atomic E-state index is -0.454. The largest absolute Gasteiger partial charge is 0.493 e. The van der Waals surface area contributed by atoms with Crippen LogP contribution in [0.15, 0.2) is 24.3 Å². The highest BCUT2D eigenvalue weighted by Gasteiger charge is 2.05. The van der Waals surface area contributed by atoms with Gasteiger partial charge in [-0.1, -0.05) is 26.0 Å². The standard InChI is InChI=1S/C13H21NO2/c1-10(2)9-16-12-6-4-11(5-7-12)13(15)8-14-3/h4-7,10,13-15H,8-9H2,1-3H3. The fourth-order valence-electron chi connectivity index (χ4n) is 1.36. The molecule has 2 N–H and O–H groups in total. The average molecular weight is 223 g/mol. The molecular weight excluding hydrogens is 202 g/mol. The van der Waals surface area contributed by atoms with Gasteiger partial charge < -0.3 is 15.2 Å². The van der Waals surface area contributed by atoms with E-state index in [0.717, 1.165) is 17.9 Å². The van der Waals surface area contributed by atoms with Crippen LogP contribution in [0.4, 0.5) is 0 Å². The zero-order chi connectivity index (χ0) is 12.0. The van der Waals surface area contributed by atoms with E-state index in [-0.39, 0.29) is 0 Å². The van der Waals surface area contributed by atoms with Gasteiger partial charge in [-0.05, 0) is 30.7 Å². The smallest absolute Gasteiger partial charge is 0.119 e. The molecular formula is C13H21NO2. The molecule has 0 fully saturated rings. The molecule has 1 unspecified atom stereocenters. The second-order valence-corrected chi connectivity index (χ2v) is 4.35. The molecule has 0 heterocycles. The first-order valence-corrected chi connectivity index (χ1v) is 5.69. The van der Waals surface area contributed by atoms with Crippen molar-refractivity contribution in [1.82, 2.24) is 5.32 Å². The summed E-state index contributed by atoms with van der Waals surface area (Å²) in [7, 11) is 1.82. The highest BCUT2D eigenvalue weighted by atomic mass is 16.5. The molecule has 1 aromatic carbocycles. The van der Waals surface area contributed by atoms with Gasteiger partial charge in [0, 0.05) is 6.54 Å². The fourth-order valence-corrected chi connectivity index (χ4v) is 1.36. The van der Waals surface area contributed by atoms with Crippen molar-refractivity contribution in [3.05, 3.63) is 29.8 Å². The third-order valence-corrected chi connectivity index (χ3v) is 2.25. The van der Waals surface area contributed by atoms with E-state index >= 15 is 0 Å². The Kier molecular flexibility index (Phi) is 5.29. The summed E-state index contributed by atoms with van der Waals surface area (Å²) in [5.74, 6) is 1.38. The van der Waals surface area contributed by atoms with Gasteiger partial charge in [0.25, 0.3) is 0 Å². The van der Waals surface area contributed by atoms with Crippen LogP contribution in [0.2, 0.25) is 0 Å². The van der Waals surface area contributed by atoms with Crippen LogP contribution in [-0.4, -0.2) is 25.3 Å². The lowest BCUT2D eigenvalue weighted by molar-refractivity contribution is 0.177. The summed E-state index contributed by atoms with van der Waals surface area (Å²) in [6.07, 6.45) is -0.454. The van der Waals surface area contributed by atoms with E-state index in [9.17, 15) is 5.11 Å². The molecule has 0 spiro atoms. The molecule has 0 saturated heterocycles. The van der Waals surface area contributed by atoms with Gasteiger partial charge >= 0.3 is 0 Å². The molecule has 3 nitrogen and oxygen atoms in total. The quantitative estimate of drug-likeness (QED) is 0.774. The summed E-state index contributed by atoms with van der Waals surface area (Å²) in [6.45, 7) is 5.51. The Labute approximate surface area is 97.4 Å². The van der Waals surface area contributed by atoms with Gasteiger partial charge in [0.15, 0.2) is 0 Å². The SMILES string of the molecule is CNCC(O)c1ccc(OCC(C)C)cc1. The van der Waals surface area contributed by atoms with Crippen LogP contribution < -0.4 is 10.1 Å². The van der Waals surface area contributed by atoms with Crippen LogP contribution in [-0.2, 0) is 0 Å². The van der Waals surface area contributed by atoms with E-state index in [1.165, 1.54) is 0 Å². The number of aliphatic hydroxyl groups excluding tert-OH is 1. The van der Waals surface area contributed by atoms with Crippen LogP contribution in [0.5, 0.6) is 5.75 Å². The van der Waals surface area contributed by atoms with Gasteiger partial charge in [0.1, 0.15) is 5.75 Å². The maximum atomic E-state index is 9.73. The van der Waals surface area contributed by atoms with E-state index in [4.69, 9.17) is 4.74 Å². The molecule has 1 rings (SSSR count). The Morgan fingerprint density at radius 2 is 1.88 bits per heavy atom. The summed E-state index contributed by atoms with van der Waals surface area (Å²) in [5, 5.41) is 12.7. The van der Waals surface area contributed by atoms with Gasteiger partial charge in [0.2, 0.25) is 0 Å². The minimum Gasteiger partial charge on any atom is -0.493 e. The monoisotopic (exact) mass is 223 g/mol. The number of hydrogen-bond acceptors (Lipinski definition) is 3. The van der Waals surface area contributed by atoms with Crippen LogP contribution >= 0.6 is 0 Å². The average Bonchev–Trinajstić information content (AvgIpc) is 2.27. The molecule has 0 saturated carbocycles. The Morgan fingerprint density at radius 1 is 1.25 bits per heavy atom. The minimum absolute atomic E-state index is 0.454. The van der Waals surface area contributed by atoms with E-state index in [1.54, 1.807) is 0 Å². The van der Waals surface area contributed by atoms with Gasteiger partial charge in [-0.15, -0.1) is 0 Å². The number of nitrogens with one attached hydrogen (secondary N) is 1. The van der Waals surface area contributed by atoms with E-state index in [0.29, 0.717) is 12.5 Å². The molecule has 0 aromatic heterocycles. The van der Waals surface area contributed by atoms with Gasteiger partial charge in [-0.2, -0.15) is 0 Å². The maximum Gasteiger partial charge on any atom is 0.119 e. The highest BCUT2D eigenvalue weighted by Crippen LogP contribution is 2.17. The molecule has 0 aliphatic rings. The number of likely N-dealkylation sites (N-methyl/N-ethyl adjacent to an activating group) is 1. The van der Waals surface area contributed by atoms with Crippen molar-refractivity contribution in [3.8, 4) is 5.75 Å². The zero-order valence-electron chi connectivity index (χ0n) is 10.2. The number of rotatable bonds is 6. The Hall–Kier alpha value is -1.06. The Balaban J connectivity index is 2.53. The van der Waals surface area contributed by atoms with Crippen molar-refractivity contribution in [2.24, 2.45) is 5.92 Å². The van der Waals surface area contributed by atoms with Crippen molar-refractivity contribution in [2.45, 2.75) is 20.0 Å². The predicted octanol–water partition coefficient (Wildman–Crippen LogP) is 1.97. The summed E-state index contributed by atoms with van der Waals surface area (Å²) in [5.41, 5.74) is 0.909. The van der Waals surface area contributed by atoms with E-state index in [1.807, 2.05) is 31.3 Å². The summed E-state index contributed by atoms with van der Waals surface area (Å²) in [6, 6.07) is 7.60. The molecule has 1 atom stereocenters. The first kappa shape index (κ1) is 13.0. The molecule has 90 valence electrons. The normalized spacial score (nSPS) is 12.8. The number of benzene rings is 1. The first-order chi connectivity index (χ1) is 7.63. The summed E-state index contributed by atoms with van der Waals surface area (Å²) in [4.78, 5) is 0. The molecule has 0 aliphatic heterocycles. The maximum absolute atomic E-state index is 9.73. The molecule has 16 heavy (non-hydrogen) atoms. The topological polar surface area (TPSA) is 41.5 Å². The highest BCUT2D eigenvalue weighted by molar-refractivity contribution is 5.28. The lowest BCUT2D eigenvalue weighted by Gasteiger charge is -2.12. The second-order valence-electron chi connectivity index (χ2n) is 4.35. The van der Waals surface area contributed by atoms with E-state index in [2.05, 4.69) is 19.2 Å². The number of ether oxygens (including phenoxy) is 1. The molecule has 1 aromatic rings. The van der Waals surface area contributed by atoms with Crippen molar-refractivity contribution in [1.29, 1.82) is 0 Å². The van der Waals surface area contributed by atoms with Crippen molar-refractivity contribution in [3.63, 3.8) is 0 Å². The van der Waals surface area contributed by atoms with E-state index < -0.39 is 6.10 Å². The fraction of sp³-hybridized carbons (Fsp3) is 0.538. The summed E-state index contributed by atoms with van der Waals surface area (Å²) < 4.78 is 5.56. The van der Waals surface area contributed by atoms with Crippen LogP contribution in [0.25, 0.3) is 0 Å². The summed E-state index contributed by atoms with van der Waals surface area (Å²) >= 11 is 0. The third-order valence-electron chi connectivity index (χ3n) is 2.25. The molecule has 0 radical (unpaired) electrons. The number of hydrogen-bond donors (Lipinski definition) is 2. The Morgan fingerprint density at radius 3 is 2.38 bits per heavy atom.